The maximum absolute atomic E-state index is 12.3. The van der Waals surface area contributed by atoms with Crippen LogP contribution in [0.25, 0.3) is 11.4 Å². The van der Waals surface area contributed by atoms with Crippen molar-refractivity contribution in [1.82, 2.24) is 14.5 Å². The van der Waals surface area contributed by atoms with E-state index >= 15 is 0 Å². The maximum atomic E-state index is 12.3. The first kappa shape index (κ1) is 15.4. The number of amides is 1. The van der Waals surface area contributed by atoms with E-state index in [2.05, 4.69) is 4.98 Å². The molecule has 2 heterocycles. The van der Waals surface area contributed by atoms with Crippen molar-refractivity contribution >= 4 is 5.91 Å². The minimum Gasteiger partial charge on any atom is -0.457 e. The molecular weight excluding hydrogens is 314 g/mol. The van der Waals surface area contributed by atoms with Crippen LogP contribution in [0.5, 0.6) is 11.5 Å². The first-order chi connectivity index (χ1) is 12.2. The van der Waals surface area contributed by atoms with Gasteiger partial charge in [0.05, 0.1) is 0 Å². The highest BCUT2D eigenvalue weighted by atomic mass is 16.5. The van der Waals surface area contributed by atoms with Crippen molar-refractivity contribution in [3.8, 4) is 22.9 Å². The molecule has 2 aromatic carbocycles. The smallest absolute Gasteiger partial charge is 0.245 e. The number of ether oxygens (including phenoxy) is 1. The Morgan fingerprint density at radius 1 is 1.04 bits per heavy atom. The van der Waals surface area contributed by atoms with E-state index in [0.29, 0.717) is 0 Å². The molecule has 0 bridgehead atoms. The Balaban J connectivity index is 1.57. The zero-order valence-electron chi connectivity index (χ0n) is 14.0. The summed E-state index contributed by atoms with van der Waals surface area (Å²) < 4.78 is 7.79. The van der Waals surface area contributed by atoms with Gasteiger partial charge in [0.1, 0.15) is 23.4 Å². The van der Waals surface area contributed by atoms with Crippen LogP contribution in [-0.2, 0) is 4.79 Å². The van der Waals surface area contributed by atoms with Crippen LogP contribution < -0.4 is 4.74 Å². The van der Waals surface area contributed by atoms with E-state index in [4.69, 9.17) is 4.74 Å². The molecule has 1 saturated heterocycles. The molecule has 3 aromatic rings. The Hall–Kier alpha value is -3.08. The van der Waals surface area contributed by atoms with E-state index in [1.165, 1.54) is 0 Å². The number of carbonyl (C=O) groups is 1. The summed E-state index contributed by atoms with van der Waals surface area (Å²) >= 11 is 0. The topological polar surface area (TPSA) is 47.4 Å². The number of nitrogens with zero attached hydrogens (tertiary/aromatic N) is 3. The summed E-state index contributed by atoms with van der Waals surface area (Å²) in [7, 11) is 1.84. The number of hydrogen-bond donors (Lipinski definition) is 0. The third kappa shape index (κ3) is 3.01. The van der Waals surface area contributed by atoms with Gasteiger partial charge in [-0.2, -0.15) is 0 Å². The van der Waals surface area contributed by atoms with Crippen LogP contribution in [-0.4, -0.2) is 34.0 Å². The number of likely N-dealkylation sites (N-methyl/N-ethyl adjacent to an activating group) is 1. The van der Waals surface area contributed by atoms with Gasteiger partial charge in [-0.3, -0.25) is 4.79 Å². The lowest BCUT2D eigenvalue weighted by Crippen LogP contribution is -2.24. The highest BCUT2D eigenvalue weighted by Gasteiger charge is 2.31. The number of imidazole rings is 1. The lowest BCUT2D eigenvalue weighted by Gasteiger charge is -2.15. The molecule has 1 unspecified atom stereocenters. The van der Waals surface area contributed by atoms with Crippen LogP contribution >= 0.6 is 0 Å². The molecule has 1 amide bonds. The van der Waals surface area contributed by atoms with Gasteiger partial charge in [0, 0.05) is 31.5 Å². The number of hydrogen-bond acceptors (Lipinski definition) is 3. The lowest BCUT2D eigenvalue weighted by atomic mass is 10.1. The normalized spacial score (nSPS) is 17.1. The Morgan fingerprint density at radius 3 is 2.44 bits per heavy atom. The highest BCUT2D eigenvalue weighted by molar-refractivity contribution is 5.83. The predicted molar refractivity (Wildman–Crippen MR) is 95.5 cm³/mol. The summed E-state index contributed by atoms with van der Waals surface area (Å²) in [5, 5.41) is 0. The second-order valence-corrected chi connectivity index (χ2v) is 6.16. The van der Waals surface area contributed by atoms with Crippen LogP contribution in [0.4, 0.5) is 0 Å². The van der Waals surface area contributed by atoms with Gasteiger partial charge < -0.3 is 14.2 Å². The molecule has 25 heavy (non-hydrogen) atoms. The molecular formula is C20H19N3O2. The molecule has 0 saturated carbocycles. The fourth-order valence-corrected chi connectivity index (χ4v) is 3.15. The molecule has 0 spiro atoms. The average Bonchev–Trinajstić information content (AvgIpc) is 3.24. The van der Waals surface area contributed by atoms with E-state index in [0.717, 1.165) is 35.9 Å². The molecule has 0 N–H and O–H groups in total. The molecule has 1 atom stereocenters. The zero-order chi connectivity index (χ0) is 17.2. The van der Waals surface area contributed by atoms with Crippen molar-refractivity contribution in [3.05, 3.63) is 67.0 Å². The molecule has 0 aliphatic carbocycles. The molecule has 5 nitrogen and oxygen atoms in total. The predicted octanol–water partition coefficient (Wildman–Crippen LogP) is 3.75. The number of carbonyl (C=O) groups excluding carboxylic acids is 1. The first-order valence-corrected chi connectivity index (χ1v) is 8.33. The Labute approximate surface area is 146 Å². The van der Waals surface area contributed by atoms with E-state index in [9.17, 15) is 4.79 Å². The Kier molecular flexibility index (Phi) is 3.98. The van der Waals surface area contributed by atoms with E-state index in [1.54, 1.807) is 11.1 Å². The number of likely N-dealkylation sites (tertiary alicyclic amines) is 1. The van der Waals surface area contributed by atoms with E-state index in [1.807, 2.05) is 72.4 Å². The number of rotatable bonds is 4. The maximum Gasteiger partial charge on any atom is 0.245 e. The fourth-order valence-electron chi connectivity index (χ4n) is 3.15. The largest absolute Gasteiger partial charge is 0.457 e. The summed E-state index contributed by atoms with van der Waals surface area (Å²) in [6, 6.07) is 17.3. The van der Waals surface area contributed by atoms with Gasteiger partial charge in [-0.15, -0.1) is 0 Å². The molecule has 1 aliphatic heterocycles. The summed E-state index contributed by atoms with van der Waals surface area (Å²) in [6.45, 7) is 0.783. The van der Waals surface area contributed by atoms with Gasteiger partial charge >= 0.3 is 0 Å². The summed E-state index contributed by atoms with van der Waals surface area (Å²) in [5.41, 5.74) is 0.966. The van der Waals surface area contributed by atoms with Crippen LogP contribution in [0.3, 0.4) is 0 Å². The molecule has 4 rings (SSSR count). The molecule has 0 radical (unpaired) electrons. The SMILES string of the molecule is CN1CCC(n2ccnc2-c2ccc(Oc3ccccc3)cc2)C1=O. The lowest BCUT2D eigenvalue weighted by molar-refractivity contribution is -0.129. The molecule has 1 aliphatic rings. The fraction of sp³-hybridized carbons (Fsp3) is 0.200. The van der Waals surface area contributed by atoms with E-state index in [-0.39, 0.29) is 11.9 Å². The summed E-state index contributed by atoms with van der Waals surface area (Å²) in [4.78, 5) is 18.5. The zero-order valence-corrected chi connectivity index (χ0v) is 14.0. The highest BCUT2D eigenvalue weighted by Crippen LogP contribution is 2.29. The van der Waals surface area contributed by atoms with Gasteiger partial charge in [0.15, 0.2) is 0 Å². The van der Waals surface area contributed by atoms with Crippen molar-refractivity contribution in [2.45, 2.75) is 12.5 Å². The van der Waals surface area contributed by atoms with Gasteiger partial charge in [-0.05, 0) is 42.8 Å². The standard InChI is InChI=1S/C20H19N3O2/c1-22-13-11-18(20(22)24)23-14-12-21-19(23)15-7-9-17(10-8-15)25-16-5-3-2-4-6-16/h2-10,12,14,18H,11,13H2,1H3. The first-order valence-electron chi connectivity index (χ1n) is 8.33. The van der Waals surface area contributed by atoms with Crippen LogP contribution in [0, 0.1) is 0 Å². The van der Waals surface area contributed by atoms with Crippen molar-refractivity contribution in [2.75, 3.05) is 13.6 Å². The van der Waals surface area contributed by atoms with Crippen LogP contribution in [0.15, 0.2) is 67.0 Å². The second-order valence-electron chi connectivity index (χ2n) is 6.16. The quantitative estimate of drug-likeness (QED) is 0.730. The third-order valence-electron chi connectivity index (χ3n) is 4.50. The van der Waals surface area contributed by atoms with Crippen LogP contribution in [0.2, 0.25) is 0 Å². The number of para-hydroxylation sites is 1. The minimum atomic E-state index is -0.164. The van der Waals surface area contributed by atoms with Gasteiger partial charge in [0.2, 0.25) is 5.91 Å². The van der Waals surface area contributed by atoms with Crippen molar-refractivity contribution < 1.29 is 9.53 Å². The van der Waals surface area contributed by atoms with Gasteiger partial charge in [-0.25, -0.2) is 4.98 Å². The molecule has 1 aromatic heterocycles. The average molecular weight is 333 g/mol. The third-order valence-corrected chi connectivity index (χ3v) is 4.50. The van der Waals surface area contributed by atoms with Crippen LogP contribution in [0.1, 0.15) is 12.5 Å². The Morgan fingerprint density at radius 2 is 1.76 bits per heavy atom. The monoisotopic (exact) mass is 333 g/mol. The van der Waals surface area contributed by atoms with Gasteiger partial charge in [-0.1, -0.05) is 18.2 Å². The summed E-state index contributed by atoms with van der Waals surface area (Å²) in [5.74, 6) is 2.52. The number of aromatic nitrogens is 2. The van der Waals surface area contributed by atoms with E-state index < -0.39 is 0 Å². The molecule has 1 fully saturated rings. The molecule has 126 valence electrons. The minimum absolute atomic E-state index is 0.142. The number of benzene rings is 2. The van der Waals surface area contributed by atoms with Gasteiger partial charge in [0.25, 0.3) is 0 Å². The van der Waals surface area contributed by atoms with Crippen molar-refractivity contribution in [1.29, 1.82) is 0 Å². The Bertz CT molecular complexity index is 871. The summed E-state index contributed by atoms with van der Waals surface area (Å²) in [6.07, 6.45) is 4.44. The molecule has 5 heteroatoms. The van der Waals surface area contributed by atoms with Crippen molar-refractivity contribution in [3.63, 3.8) is 0 Å². The second kappa shape index (κ2) is 6.43. The van der Waals surface area contributed by atoms with Crippen molar-refractivity contribution in [2.24, 2.45) is 0 Å².